The van der Waals surface area contributed by atoms with Crippen LogP contribution in [0.15, 0.2) is 60.7 Å². The Bertz CT molecular complexity index is 837. The van der Waals surface area contributed by atoms with E-state index in [2.05, 4.69) is 10.6 Å². The highest BCUT2D eigenvalue weighted by atomic mass is 16.5. The Labute approximate surface area is 175 Å². The molecule has 2 aromatic carbocycles. The number of rotatable bonds is 8. The van der Waals surface area contributed by atoms with Crippen molar-refractivity contribution in [2.75, 3.05) is 51.2 Å². The van der Waals surface area contributed by atoms with Crippen molar-refractivity contribution in [3.8, 4) is 5.75 Å². The first-order chi connectivity index (χ1) is 14.6. The monoisotopic (exact) mass is 410 g/mol. The topological polar surface area (TPSA) is 91.0 Å². The van der Waals surface area contributed by atoms with Crippen LogP contribution in [0.2, 0.25) is 0 Å². The van der Waals surface area contributed by atoms with Gasteiger partial charge in [-0.25, -0.2) is 0 Å². The molecule has 1 aliphatic rings. The van der Waals surface area contributed by atoms with Crippen LogP contribution in [0.25, 0.3) is 0 Å². The third kappa shape index (κ3) is 6.89. The summed E-state index contributed by atoms with van der Waals surface area (Å²) >= 11 is 0. The van der Waals surface area contributed by atoms with E-state index >= 15 is 0 Å². The summed E-state index contributed by atoms with van der Waals surface area (Å²) in [5, 5.41) is 5.45. The van der Waals surface area contributed by atoms with E-state index < -0.39 is 0 Å². The van der Waals surface area contributed by atoms with E-state index in [1.807, 2.05) is 53.4 Å². The Kier molecular flexibility index (Phi) is 7.79. The van der Waals surface area contributed by atoms with Crippen LogP contribution < -0.4 is 15.4 Å². The number of piperazine rings is 1. The maximum atomic E-state index is 12.3. The molecule has 1 aliphatic heterocycles. The number of ether oxygens (including phenoxy) is 1. The molecule has 3 amide bonds. The summed E-state index contributed by atoms with van der Waals surface area (Å²) in [6.07, 6.45) is 0. The van der Waals surface area contributed by atoms with Crippen molar-refractivity contribution in [1.29, 1.82) is 0 Å². The number of amides is 3. The van der Waals surface area contributed by atoms with Gasteiger partial charge >= 0.3 is 0 Å². The van der Waals surface area contributed by atoms with E-state index in [0.29, 0.717) is 31.9 Å². The van der Waals surface area contributed by atoms with Gasteiger partial charge in [-0.15, -0.1) is 0 Å². The number of anilines is 1. The molecular weight excluding hydrogens is 384 g/mol. The molecule has 0 atom stereocenters. The van der Waals surface area contributed by atoms with Crippen LogP contribution in [-0.2, 0) is 14.4 Å². The van der Waals surface area contributed by atoms with Gasteiger partial charge in [-0.1, -0.05) is 36.4 Å². The average molecular weight is 410 g/mol. The molecule has 1 heterocycles. The fraction of sp³-hybridized carbons (Fsp3) is 0.318. The van der Waals surface area contributed by atoms with Gasteiger partial charge in [0, 0.05) is 31.9 Å². The van der Waals surface area contributed by atoms with Gasteiger partial charge in [-0.3, -0.25) is 19.3 Å². The number of benzene rings is 2. The van der Waals surface area contributed by atoms with E-state index in [9.17, 15) is 14.4 Å². The minimum absolute atomic E-state index is 0.0640. The second-order valence-corrected chi connectivity index (χ2v) is 6.95. The quantitative estimate of drug-likeness (QED) is 0.677. The lowest BCUT2D eigenvalue weighted by Gasteiger charge is -2.34. The molecule has 30 heavy (non-hydrogen) atoms. The summed E-state index contributed by atoms with van der Waals surface area (Å²) in [7, 11) is 0. The number of nitrogens with one attached hydrogen (secondary N) is 2. The van der Waals surface area contributed by atoms with Crippen molar-refractivity contribution in [3.63, 3.8) is 0 Å². The summed E-state index contributed by atoms with van der Waals surface area (Å²) in [6, 6.07) is 18.3. The van der Waals surface area contributed by atoms with Gasteiger partial charge in [0.05, 0.1) is 13.1 Å². The van der Waals surface area contributed by atoms with E-state index in [1.165, 1.54) is 0 Å². The first-order valence-electron chi connectivity index (χ1n) is 9.90. The highest BCUT2D eigenvalue weighted by Crippen LogP contribution is 2.08. The van der Waals surface area contributed by atoms with Crippen molar-refractivity contribution >= 4 is 23.4 Å². The van der Waals surface area contributed by atoms with E-state index in [0.717, 1.165) is 5.69 Å². The SMILES string of the molecule is O=C(COc1ccccc1)NCC(=O)N1CCN(CC(=O)Nc2ccccc2)CC1. The number of carbonyl (C=O) groups is 3. The Balaban J connectivity index is 1.31. The molecule has 0 aromatic heterocycles. The molecule has 1 fully saturated rings. The van der Waals surface area contributed by atoms with Crippen molar-refractivity contribution in [1.82, 2.24) is 15.1 Å². The van der Waals surface area contributed by atoms with Crippen LogP contribution in [0.3, 0.4) is 0 Å². The molecule has 158 valence electrons. The molecule has 0 bridgehead atoms. The minimum Gasteiger partial charge on any atom is -0.484 e. The van der Waals surface area contributed by atoms with Crippen molar-refractivity contribution in [2.24, 2.45) is 0 Å². The summed E-state index contributed by atoms with van der Waals surface area (Å²) in [6.45, 7) is 2.34. The molecule has 1 saturated heterocycles. The molecule has 0 radical (unpaired) electrons. The minimum atomic E-state index is -0.344. The van der Waals surface area contributed by atoms with Gasteiger partial charge in [0.25, 0.3) is 5.91 Å². The molecule has 3 rings (SSSR count). The molecule has 2 aromatic rings. The maximum absolute atomic E-state index is 12.3. The van der Waals surface area contributed by atoms with Gasteiger partial charge < -0.3 is 20.3 Å². The largest absolute Gasteiger partial charge is 0.484 e. The second kappa shape index (κ2) is 11.0. The predicted molar refractivity (Wildman–Crippen MR) is 113 cm³/mol. The third-order valence-corrected chi connectivity index (χ3v) is 4.70. The Morgan fingerprint density at radius 2 is 1.47 bits per heavy atom. The lowest BCUT2D eigenvalue weighted by atomic mass is 10.3. The van der Waals surface area contributed by atoms with E-state index in [1.54, 1.807) is 17.0 Å². The van der Waals surface area contributed by atoms with Gasteiger partial charge in [0.15, 0.2) is 6.61 Å². The smallest absolute Gasteiger partial charge is 0.258 e. The standard InChI is InChI=1S/C22H26N4O4/c27-20(24-18-7-3-1-4-8-18)16-25-11-13-26(14-12-25)22(29)15-23-21(28)17-30-19-9-5-2-6-10-19/h1-10H,11-17H2,(H,23,28)(H,24,27). The fourth-order valence-corrected chi connectivity index (χ4v) is 3.08. The zero-order chi connectivity index (χ0) is 21.2. The van der Waals surface area contributed by atoms with Gasteiger partial charge in [0.2, 0.25) is 11.8 Å². The molecule has 0 aliphatic carbocycles. The summed E-state index contributed by atoms with van der Waals surface area (Å²) in [5.74, 6) is 0.0397. The summed E-state index contributed by atoms with van der Waals surface area (Å²) in [4.78, 5) is 40.0. The van der Waals surface area contributed by atoms with E-state index in [4.69, 9.17) is 4.74 Å². The average Bonchev–Trinajstić information content (AvgIpc) is 2.78. The van der Waals surface area contributed by atoms with Crippen LogP contribution in [-0.4, -0.2) is 73.4 Å². The van der Waals surface area contributed by atoms with Crippen molar-refractivity contribution in [3.05, 3.63) is 60.7 Å². The summed E-state index contributed by atoms with van der Waals surface area (Å²) in [5.41, 5.74) is 0.767. The number of hydrogen-bond acceptors (Lipinski definition) is 5. The molecule has 0 saturated carbocycles. The predicted octanol–water partition coefficient (Wildman–Crippen LogP) is 0.965. The molecule has 2 N–H and O–H groups in total. The highest BCUT2D eigenvalue weighted by Gasteiger charge is 2.22. The molecule has 0 unspecified atom stereocenters. The normalized spacial score (nSPS) is 14.1. The van der Waals surface area contributed by atoms with Crippen LogP contribution in [0, 0.1) is 0 Å². The fourth-order valence-electron chi connectivity index (χ4n) is 3.08. The number of para-hydroxylation sites is 2. The van der Waals surface area contributed by atoms with Gasteiger partial charge in [-0.2, -0.15) is 0 Å². The lowest BCUT2D eigenvalue weighted by Crippen LogP contribution is -2.52. The summed E-state index contributed by atoms with van der Waals surface area (Å²) < 4.78 is 5.36. The molecule has 8 nitrogen and oxygen atoms in total. The molecule has 0 spiro atoms. The number of nitrogens with zero attached hydrogens (tertiary/aromatic N) is 2. The van der Waals surface area contributed by atoms with Gasteiger partial charge in [-0.05, 0) is 24.3 Å². The zero-order valence-corrected chi connectivity index (χ0v) is 16.8. The van der Waals surface area contributed by atoms with E-state index in [-0.39, 0.29) is 37.4 Å². The number of carbonyl (C=O) groups excluding carboxylic acids is 3. The lowest BCUT2D eigenvalue weighted by molar-refractivity contribution is -0.134. The first kappa shape index (κ1) is 21.3. The molecule has 8 heteroatoms. The third-order valence-electron chi connectivity index (χ3n) is 4.70. The van der Waals surface area contributed by atoms with Crippen LogP contribution in [0.1, 0.15) is 0 Å². The Hall–Kier alpha value is -3.39. The highest BCUT2D eigenvalue weighted by molar-refractivity contribution is 5.92. The van der Waals surface area contributed by atoms with Crippen LogP contribution in [0.5, 0.6) is 5.75 Å². The Morgan fingerprint density at radius 1 is 0.833 bits per heavy atom. The van der Waals surface area contributed by atoms with Crippen LogP contribution in [0.4, 0.5) is 5.69 Å². The molecular formula is C22H26N4O4. The van der Waals surface area contributed by atoms with Crippen molar-refractivity contribution < 1.29 is 19.1 Å². The first-order valence-corrected chi connectivity index (χ1v) is 9.90. The van der Waals surface area contributed by atoms with Gasteiger partial charge in [0.1, 0.15) is 5.75 Å². The second-order valence-electron chi connectivity index (χ2n) is 6.95. The Morgan fingerprint density at radius 3 is 2.13 bits per heavy atom. The zero-order valence-electron chi connectivity index (χ0n) is 16.8. The maximum Gasteiger partial charge on any atom is 0.258 e. The number of hydrogen-bond donors (Lipinski definition) is 2. The van der Waals surface area contributed by atoms with Crippen molar-refractivity contribution in [2.45, 2.75) is 0 Å². The van der Waals surface area contributed by atoms with Crippen LogP contribution >= 0.6 is 0 Å².